The fourth-order valence-electron chi connectivity index (χ4n) is 3.63. The van der Waals surface area contributed by atoms with E-state index in [2.05, 4.69) is 15.6 Å². The minimum Gasteiger partial charge on any atom is -0.351 e. The van der Waals surface area contributed by atoms with Gasteiger partial charge in [0.1, 0.15) is 10.7 Å². The molecule has 3 amide bonds. The topological polar surface area (TPSA) is 119 Å². The summed E-state index contributed by atoms with van der Waals surface area (Å²) in [5.41, 5.74) is 7.19. The molecule has 0 aliphatic carbocycles. The lowest BCUT2D eigenvalue weighted by atomic mass is 10.1. The second-order valence-electron chi connectivity index (χ2n) is 7.13. The molecule has 1 aliphatic heterocycles. The predicted octanol–water partition coefficient (Wildman–Crippen LogP) is 2.69. The number of aryl methyl sites for hydroxylation is 2. The summed E-state index contributed by atoms with van der Waals surface area (Å²) in [6.45, 7) is 4.36. The van der Waals surface area contributed by atoms with Crippen LogP contribution in [0, 0.1) is 6.92 Å². The van der Waals surface area contributed by atoms with Gasteiger partial charge in [-0.15, -0.1) is 11.3 Å². The van der Waals surface area contributed by atoms with E-state index in [-0.39, 0.29) is 17.5 Å². The third-order valence-electron chi connectivity index (χ3n) is 5.14. The van der Waals surface area contributed by atoms with Crippen LogP contribution in [-0.2, 0) is 13.0 Å². The molecule has 29 heavy (non-hydrogen) atoms. The molecular weight excluding hydrogens is 390 g/mol. The zero-order valence-corrected chi connectivity index (χ0v) is 16.9. The number of rotatable bonds is 4. The van der Waals surface area contributed by atoms with Crippen molar-refractivity contribution in [3.05, 3.63) is 56.4 Å². The molecule has 1 aliphatic rings. The molecule has 0 spiro atoms. The molecule has 3 heterocycles. The highest BCUT2D eigenvalue weighted by Gasteiger charge is 2.24. The van der Waals surface area contributed by atoms with Crippen LogP contribution in [-0.4, -0.2) is 21.5 Å². The molecule has 1 atom stereocenters. The van der Waals surface area contributed by atoms with E-state index < -0.39 is 6.03 Å². The minimum atomic E-state index is -0.630. The fourth-order valence-corrected chi connectivity index (χ4v) is 4.73. The summed E-state index contributed by atoms with van der Waals surface area (Å²) in [4.78, 5) is 42.3. The van der Waals surface area contributed by atoms with Gasteiger partial charge in [0.15, 0.2) is 0 Å². The molecule has 150 valence electrons. The molecular formula is C20H21N5O3S. The second-order valence-corrected chi connectivity index (χ2v) is 8.13. The maximum Gasteiger partial charge on any atom is 0.316 e. The number of nitrogens with zero attached hydrogens (tertiary/aromatic N) is 2. The summed E-state index contributed by atoms with van der Waals surface area (Å²) in [7, 11) is 0. The number of anilines is 1. The summed E-state index contributed by atoms with van der Waals surface area (Å²) < 4.78 is 1.72. The average molecular weight is 411 g/mol. The Kier molecular flexibility index (Phi) is 4.83. The SMILES string of the molecule is Cc1c(C(=O)NC(C)c2ccc(NC(N)=O)cc2)sc2nc3n(c(=O)c12)CCC3. The van der Waals surface area contributed by atoms with Crippen LogP contribution < -0.4 is 21.9 Å². The van der Waals surface area contributed by atoms with Crippen LogP contribution in [0.15, 0.2) is 29.1 Å². The van der Waals surface area contributed by atoms with Gasteiger partial charge in [-0.05, 0) is 43.5 Å². The quantitative estimate of drug-likeness (QED) is 0.611. The number of amides is 3. The van der Waals surface area contributed by atoms with Crippen molar-refractivity contribution in [1.29, 1.82) is 0 Å². The van der Waals surface area contributed by atoms with Gasteiger partial charge in [0.2, 0.25) is 0 Å². The Balaban J connectivity index is 1.57. The van der Waals surface area contributed by atoms with Gasteiger partial charge in [-0.1, -0.05) is 12.1 Å². The largest absolute Gasteiger partial charge is 0.351 e. The number of carbonyl (C=O) groups excluding carboxylic acids is 2. The van der Waals surface area contributed by atoms with Crippen LogP contribution in [0.5, 0.6) is 0 Å². The highest BCUT2D eigenvalue weighted by Crippen LogP contribution is 2.29. The van der Waals surface area contributed by atoms with Crippen LogP contribution in [0.3, 0.4) is 0 Å². The molecule has 0 fully saturated rings. The molecule has 1 aromatic carbocycles. The van der Waals surface area contributed by atoms with E-state index in [0.717, 1.165) is 24.2 Å². The zero-order valence-electron chi connectivity index (χ0n) is 16.1. The Labute approximate surface area is 170 Å². The second kappa shape index (κ2) is 7.32. The molecule has 0 bridgehead atoms. The molecule has 4 N–H and O–H groups in total. The van der Waals surface area contributed by atoms with Crippen molar-refractivity contribution >= 4 is 39.2 Å². The molecule has 0 saturated heterocycles. The first-order chi connectivity index (χ1) is 13.8. The van der Waals surface area contributed by atoms with E-state index in [1.54, 1.807) is 23.6 Å². The van der Waals surface area contributed by atoms with Crippen LogP contribution >= 0.6 is 11.3 Å². The molecule has 2 aromatic heterocycles. The lowest BCUT2D eigenvalue weighted by Crippen LogP contribution is -2.26. The van der Waals surface area contributed by atoms with Crippen molar-refractivity contribution in [2.24, 2.45) is 5.73 Å². The summed E-state index contributed by atoms with van der Waals surface area (Å²) in [5.74, 6) is 0.565. The van der Waals surface area contributed by atoms with E-state index in [1.165, 1.54) is 11.3 Å². The first-order valence-corrected chi connectivity index (χ1v) is 10.2. The van der Waals surface area contributed by atoms with Crippen molar-refractivity contribution < 1.29 is 9.59 Å². The van der Waals surface area contributed by atoms with Gasteiger partial charge in [-0.25, -0.2) is 9.78 Å². The summed E-state index contributed by atoms with van der Waals surface area (Å²) in [5, 5.41) is 6.01. The normalized spacial score (nSPS) is 13.9. The van der Waals surface area contributed by atoms with Gasteiger partial charge in [-0.2, -0.15) is 0 Å². The maximum absolute atomic E-state index is 12.9. The van der Waals surface area contributed by atoms with Crippen molar-refractivity contribution in [3.8, 4) is 0 Å². The number of urea groups is 1. The van der Waals surface area contributed by atoms with E-state index in [4.69, 9.17) is 5.73 Å². The average Bonchev–Trinajstić information content (AvgIpc) is 3.27. The van der Waals surface area contributed by atoms with Crippen LogP contribution in [0.4, 0.5) is 10.5 Å². The monoisotopic (exact) mass is 411 g/mol. The van der Waals surface area contributed by atoms with Gasteiger partial charge in [-0.3, -0.25) is 14.2 Å². The Morgan fingerprint density at radius 1 is 1.28 bits per heavy atom. The number of hydrogen-bond donors (Lipinski definition) is 3. The van der Waals surface area contributed by atoms with Gasteiger partial charge in [0.25, 0.3) is 11.5 Å². The van der Waals surface area contributed by atoms with Crippen molar-refractivity contribution in [2.45, 2.75) is 39.3 Å². The Bertz CT molecular complexity index is 1180. The van der Waals surface area contributed by atoms with E-state index >= 15 is 0 Å². The Morgan fingerprint density at radius 2 is 2.00 bits per heavy atom. The van der Waals surface area contributed by atoms with Crippen molar-refractivity contribution in [2.75, 3.05) is 5.32 Å². The first kappa shape index (κ1) is 19.1. The molecule has 4 rings (SSSR count). The fraction of sp³-hybridized carbons (Fsp3) is 0.300. The van der Waals surface area contributed by atoms with Crippen molar-refractivity contribution in [3.63, 3.8) is 0 Å². The molecule has 0 saturated carbocycles. The molecule has 1 unspecified atom stereocenters. The van der Waals surface area contributed by atoms with E-state index in [1.807, 2.05) is 19.1 Å². The van der Waals surface area contributed by atoms with Crippen LogP contribution in [0.25, 0.3) is 10.2 Å². The Morgan fingerprint density at radius 3 is 2.69 bits per heavy atom. The number of carbonyl (C=O) groups is 2. The van der Waals surface area contributed by atoms with Gasteiger partial charge in [0, 0.05) is 18.7 Å². The Hall–Kier alpha value is -3.20. The van der Waals surface area contributed by atoms with E-state index in [0.29, 0.717) is 32.9 Å². The first-order valence-electron chi connectivity index (χ1n) is 9.35. The predicted molar refractivity (Wildman–Crippen MR) is 112 cm³/mol. The number of aromatic nitrogens is 2. The number of hydrogen-bond acceptors (Lipinski definition) is 5. The third kappa shape index (κ3) is 3.49. The number of primary amides is 1. The summed E-state index contributed by atoms with van der Waals surface area (Å²) >= 11 is 1.26. The third-order valence-corrected chi connectivity index (χ3v) is 6.33. The van der Waals surface area contributed by atoms with Gasteiger partial charge >= 0.3 is 6.03 Å². The standard InChI is InChI=1S/C20H21N5O3S/c1-10-15-18(24-14-4-3-9-25(14)19(15)27)29-16(10)17(26)22-11(2)12-5-7-13(8-6-12)23-20(21)28/h5-8,11H,3-4,9H2,1-2H3,(H,22,26)(H3,21,23,28). The smallest absolute Gasteiger partial charge is 0.316 e. The van der Waals surface area contributed by atoms with Gasteiger partial charge in [0.05, 0.1) is 16.3 Å². The summed E-state index contributed by atoms with van der Waals surface area (Å²) in [6, 6.07) is 6.18. The van der Waals surface area contributed by atoms with Gasteiger partial charge < -0.3 is 16.4 Å². The lowest BCUT2D eigenvalue weighted by molar-refractivity contribution is 0.0943. The molecule has 8 nitrogen and oxygen atoms in total. The van der Waals surface area contributed by atoms with Crippen LogP contribution in [0.1, 0.15) is 46.0 Å². The minimum absolute atomic E-state index is 0.0547. The zero-order chi connectivity index (χ0) is 20.7. The number of nitrogens with two attached hydrogens (primary N) is 1. The maximum atomic E-state index is 12.9. The van der Waals surface area contributed by atoms with E-state index in [9.17, 15) is 14.4 Å². The molecule has 9 heteroatoms. The highest BCUT2D eigenvalue weighted by atomic mass is 32.1. The summed E-state index contributed by atoms with van der Waals surface area (Å²) in [6.07, 6.45) is 1.72. The highest BCUT2D eigenvalue weighted by molar-refractivity contribution is 7.20. The van der Waals surface area contributed by atoms with Crippen LogP contribution in [0.2, 0.25) is 0 Å². The lowest BCUT2D eigenvalue weighted by Gasteiger charge is -2.14. The number of fused-ring (bicyclic) bond motifs is 2. The molecule has 3 aromatic rings. The number of nitrogens with one attached hydrogen (secondary N) is 2. The number of thiophene rings is 1. The molecule has 0 radical (unpaired) electrons. The van der Waals surface area contributed by atoms with Crippen molar-refractivity contribution in [1.82, 2.24) is 14.9 Å². The number of benzene rings is 1.